The molecule has 1 unspecified atom stereocenters. The summed E-state index contributed by atoms with van der Waals surface area (Å²) in [5, 5.41) is 0. The Kier molecular flexibility index (Phi) is 2.64. The highest BCUT2D eigenvalue weighted by Gasteiger charge is 2.31. The van der Waals surface area contributed by atoms with Gasteiger partial charge in [0.25, 0.3) is 0 Å². The molecule has 1 fully saturated rings. The largest absolute Gasteiger partial charge is 0.331 e. The lowest BCUT2D eigenvalue weighted by Gasteiger charge is -2.36. The minimum Gasteiger partial charge on any atom is -0.331 e. The van der Waals surface area contributed by atoms with E-state index in [4.69, 9.17) is 11.5 Å². The van der Waals surface area contributed by atoms with Crippen LogP contribution in [0.1, 0.15) is 30.3 Å². The van der Waals surface area contributed by atoms with Crippen LogP contribution in [0, 0.1) is 12.8 Å². The Balaban J connectivity index is 1.93. The molecule has 18 heavy (non-hydrogen) atoms. The SMILES string of the molecule is Cc1nc2cc(C(N)C3CC(N)C3)ccc2n1C. The van der Waals surface area contributed by atoms with Crippen LogP contribution in [0.2, 0.25) is 0 Å². The molecule has 0 radical (unpaired) electrons. The number of hydrogen-bond donors (Lipinski definition) is 2. The summed E-state index contributed by atoms with van der Waals surface area (Å²) in [7, 11) is 2.04. The second kappa shape index (κ2) is 4.07. The maximum absolute atomic E-state index is 6.31. The fraction of sp³-hybridized carbons (Fsp3) is 0.500. The van der Waals surface area contributed by atoms with Crippen LogP contribution in [0.25, 0.3) is 11.0 Å². The number of aromatic nitrogens is 2. The van der Waals surface area contributed by atoms with E-state index in [0.717, 1.165) is 29.7 Å². The molecule has 1 aliphatic carbocycles. The van der Waals surface area contributed by atoms with Crippen LogP contribution < -0.4 is 11.5 Å². The van der Waals surface area contributed by atoms with Gasteiger partial charge in [0.2, 0.25) is 0 Å². The standard InChI is InChI=1S/C14H20N4/c1-8-17-12-7-9(3-4-13(12)18(8)2)14(16)10-5-11(15)6-10/h3-4,7,10-11,14H,5-6,15-16H2,1-2H3. The summed E-state index contributed by atoms with van der Waals surface area (Å²) < 4.78 is 2.10. The summed E-state index contributed by atoms with van der Waals surface area (Å²) in [5.41, 5.74) is 15.5. The van der Waals surface area contributed by atoms with Crippen molar-refractivity contribution in [1.82, 2.24) is 9.55 Å². The number of nitrogens with two attached hydrogens (primary N) is 2. The molecule has 96 valence electrons. The van der Waals surface area contributed by atoms with Gasteiger partial charge in [0.1, 0.15) is 5.82 Å². The van der Waals surface area contributed by atoms with Crippen molar-refractivity contribution in [1.29, 1.82) is 0 Å². The van der Waals surface area contributed by atoms with Gasteiger partial charge in [0.15, 0.2) is 0 Å². The van der Waals surface area contributed by atoms with E-state index in [2.05, 4.69) is 27.8 Å². The Hall–Kier alpha value is -1.39. The second-order valence-electron chi connectivity index (χ2n) is 5.48. The lowest BCUT2D eigenvalue weighted by atomic mass is 9.74. The van der Waals surface area contributed by atoms with Gasteiger partial charge >= 0.3 is 0 Å². The van der Waals surface area contributed by atoms with Crippen LogP contribution in [-0.2, 0) is 7.05 Å². The minimum atomic E-state index is 0.0940. The molecule has 1 aromatic carbocycles. The Bertz CT molecular complexity index is 581. The molecule has 0 saturated heterocycles. The number of benzene rings is 1. The van der Waals surface area contributed by atoms with Crippen molar-refractivity contribution >= 4 is 11.0 Å². The number of imidazole rings is 1. The zero-order valence-corrected chi connectivity index (χ0v) is 10.9. The van der Waals surface area contributed by atoms with Gasteiger partial charge in [-0.15, -0.1) is 0 Å². The smallest absolute Gasteiger partial charge is 0.106 e. The highest BCUT2D eigenvalue weighted by atomic mass is 15.0. The van der Waals surface area contributed by atoms with Crippen molar-refractivity contribution in [3.8, 4) is 0 Å². The molecular weight excluding hydrogens is 224 g/mol. The van der Waals surface area contributed by atoms with Gasteiger partial charge in [-0.3, -0.25) is 0 Å². The predicted molar refractivity (Wildman–Crippen MR) is 73.1 cm³/mol. The molecule has 1 heterocycles. The van der Waals surface area contributed by atoms with Gasteiger partial charge in [-0.2, -0.15) is 0 Å². The second-order valence-corrected chi connectivity index (χ2v) is 5.48. The van der Waals surface area contributed by atoms with E-state index in [9.17, 15) is 0 Å². The van der Waals surface area contributed by atoms with Gasteiger partial charge in [0.05, 0.1) is 11.0 Å². The number of nitrogens with zero attached hydrogens (tertiary/aromatic N) is 2. The molecule has 4 nitrogen and oxygen atoms in total. The molecule has 0 aliphatic heterocycles. The van der Waals surface area contributed by atoms with Crippen LogP contribution in [0.3, 0.4) is 0 Å². The zero-order valence-electron chi connectivity index (χ0n) is 10.9. The van der Waals surface area contributed by atoms with Gasteiger partial charge in [0, 0.05) is 19.1 Å². The fourth-order valence-corrected chi connectivity index (χ4v) is 2.82. The number of hydrogen-bond acceptors (Lipinski definition) is 3. The summed E-state index contributed by atoms with van der Waals surface area (Å²) in [6.45, 7) is 2.02. The topological polar surface area (TPSA) is 69.9 Å². The molecule has 1 saturated carbocycles. The first-order valence-corrected chi connectivity index (χ1v) is 6.50. The van der Waals surface area contributed by atoms with E-state index >= 15 is 0 Å². The Morgan fingerprint density at radius 2 is 2.11 bits per heavy atom. The van der Waals surface area contributed by atoms with Crippen LogP contribution in [0.4, 0.5) is 0 Å². The first-order chi connectivity index (χ1) is 8.56. The third kappa shape index (κ3) is 1.72. The maximum Gasteiger partial charge on any atom is 0.106 e. The molecular formula is C14H20N4. The van der Waals surface area contributed by atoms with Crippen molar-refractivity contribution in [2.45, 2.75) is 31.8 Å². The Morgan fingerprint density at radius 3 is 2.78 bits per heavy atom. The first-order valence-electron chi connectivity index (χ1n) is 6.50. The van der Waals surface area contributed by atoms with Crippen molar-refractivity contribution in [2.75, 3.05) is 0 Å². The van der Waals surface area contributed by atoms with Crippen molar-refractivity contribution in [3.05, 3.63) is 29.6 Å². The van der Waals surface area contributed by atoms with E-state index in [-0.39, 0.29) is 6.04 Å². The Labute approximate surface area is 107 Å². The average molecular weight is 244 g/mol. The molecule has 0 bridgehead atoms. The maximum atomic E-state index is 6.31. The fourth-order valence-electron chi connectivity index (χ4n) is 2.82. The molecule has 0 amide bonds. The molecule has 3 rings (SSSR count). The van der Waals surface area contributed by atoms with Crippen LogP contribution in [0.15, 0.2) is 18.2 Å². The molecule has 4 heteroatoms. The summed E-state index contributed by atoms with van der Waals surface area (Å²) >= 11 is 0. The number of aryl methyl sites for hydroxylation is 2. The highest BCUT2D eigenvalue weighted by Crippen LogP contribution is 2.36. The minimum absolute atomic E-state index is 0.0940. The summed E-state index contributed by atoms with van der Waals surface area (Å²) in [6.07, 6.45) is 2.08. The van der Waals surface area contributed by atoms with Crippen molar-refractivity contribution < 1.29 is 0 Å². The third-order valence-corrected chi connectivity index (χ3v) is 4.23. The quantitative estimate of drug-likeness (QED) is 0.843. The van der Waals surface area contributed by atoms with Gasteiger partial charge in [-0.25, -0.2) is 4.98 Å². The first kappa shape index (κ1) is 11.7. The molecule has 1 aromatic heterocycles. The van der Waals surface area contributed by atoms with Crippen molar-refractivity contribution in [2.24, 2.45) is 24.4 Å². The normalized spacial score (nSPS) is 25.1. The molecule has 2 aromatic rings. The molecule has 0 spiro atoms. The van der Waals surface area contributed by atoms with E-state index < -0.39 is 0 Å². The third-order valence-electron chi connectivity index (χ3n) is 4.23. The Morgan fingerprint density at radius 1 is 1.39 bits per heavy atom. The average Bonchev–Trinajstić information content (AvgIpc) is 2.60. The molecule has 4 N–H and O–H groups in total. The summed E-state index contributed by atoms with van der Waals surface area (Å²) in [5.74, 6) is 1.56. The van der Waals surface area contributed by atoms with Gasteiger partial charge in [-0.1, -0.05) is 6.07 Å². The van der Waals surface area contributed by atoms with E-state index in [0.29, 0.717) is 12.0 Å². The van der Waals surface area contributed by atoms with E-state index in [1.54, 1.807) is 0 Å². The number of fused-ring (bicyclic) bond motifs is 1. The lowest BCUT2D eigenvalue weighted by molar-refractivity contribution is 0.224. The van der Waals surface area contributed by atoms with Crippen molar-refractivity contribution in [3.63, 3.8) is 0 Å². The van der Waals surface area contributed by atoms with E-state index in [1.807, 2.05) is 14.0 Å². The summed E-state index contributed by atoms with van der Waals surface area (Å²) in [4.78, 5) is 4.56. The number of rotatable bonds is 2. The summed E-state index contributed by atoms with van der Waals surface area (Å²) in [6, 6.07) is 6.80. The highest BCUT2D eigenvalue weighted by molar-refractivity contribution is 5.77. The monoisotopic (exact) mass is 244 g/mol. The van der Waals surface area contributed by atoms with Gasteiger partial charge < -0.3 is 16.0 Å². The predicted octanol–water partition coefficient (Wildman–Crippen LogP) is 1.62. The lowest BCUT2D eigenvalue weighted by Crippen LogP contribution is -2.41. The van der Waals surface area contributed by atoms with Crippen LogP contribution >= 0.6 is 0 Å². The molecule has 1 aliphatic rings. The van der Waals surface area contributed by atoms with E-state index in [1.165, 1.54) is 5.56 Å². The van der Waals surface area contributed by atoms with Crippen LogP contribution in [0.5, 0.6) is 0 Å². The van der Waals surface area contributed by atoms with Gasteiger partial charge in [-0.05, 0) is 43.4 Å². The van der Waals surface area contributed by atoms with Crippen LogP contribution in [-0.4, -0.2) is 15.6 Å². The molecule has 1 atom stereocenters. The zero-order chi connectivity index (χ0) is 12.9.